The SMILES string of the molecule is C=C(N)/C=C(/C)CNCC. The van der Waals surface area contributed by atoms with Crippen molar-refractivity contribution < 1.29 is 0 Å². The van der Waals surface area contributed by atoms with E-state index >= 15 is 0 Å². The van der Waals surface area contributed by atoms with Gasteiger partial charge in [0.15, 0.2) is 0 Å². The van der Waals surface area contributed by atoms with Gasteiger partial charge in [-0.25, -0.2) is 0 Å². The standard InChI is InChI=1S/C8H16N2/c1-4-10-6-7(2)5-8(3)9/h5,10H,3-4,6,9H2,1-2H3/b7-5-. The summed E-state index contributed by atoms with van der Waals surface area (Å²) in [5.41, 5.74) is 7.20. The minimum atomic E-state index is 0.621. The molecule has 2 heteroatoms. The lowest BCUT2D eigenvalue weighted by atomic mass is 10.2. The lowest BCUT2D eigenvalue weighted by molar-refractivity contribution is 0.775. The smallest absolute Gasteiger partial charge is 0.0240 e. The van der Waals surface area contributed by atoms with Crippen LogP contribution in [0.5, 0.6) is 0 Å². The van der Waals surface area contributed by atoms with Crippen LogP contribution in [0.15, 0.2) is 23.9 Å². The molecule has 10 heavy (non-hydrogen) atoms. The number of hydrogen-bond donors (Lipinski definition) is 2. The zero-order valence-electron chi connectivity index (χ0n) is 6.78. The van der Waals surface area contributed by atoms with Crippen LogP contribution in [0.4, 0.5) is 0 Å². The second-order valence-electron chi connectivity index (χ2n) is 2.35. The van der Waals surface area contributed by atoms with Crippen LogP contribution in [0.2, 0.25) is 0 Å². The average molecular weight is 140 g/mol. The molecule has 0 aromatic carbocycles. The van der Waals surface area contributed by atoms with E-state index in [4.69, 9.17) is 5.73 Å². The number of nitrogens with two attached hydrogens (primary N) is 1. The van der Waals surface area contributed by atoms with Gasteiger partial charge >= 0.3 is 0 Å². The van der Waals surface area contributed by atoms with E-state index in [9.17, 15) is 0 Å². The fourth-order valence-corrected chi connectivity index (χ4v) is 0.690. The van der Waals surface area contributed by atoms with Crippen LogP contribution in [0.3, 0.4) is 0 Å². The summed E-state index contributed by atoms with van der Waals surface area (Å²) >= 11 is 0. The first-order valence-corrected chi connectivity index (χ1v) is 3.49. The van der Waals surface area contributed by atoms with E-state index < -0.39 is 0 Å². The molecule has 58 valence electrons. The van der Waals surface area contributed by atoms with Crippen LogP contribution in [0.1, 0.15) is 13.8 Å². The van der Waals surface area contributed by atoms with Crippen LogP contribution in [0.25, 0.3) is 0 Å². The van der Waals surface area contributed by atoms with Crippen molar-refractivity contribution in [1.82, 2.24) is 5.32 Å². The van der Waals surface area contributed by atoms with Crippen molar-refractivity contribution in [2.75, 3.05) is 13.1 Å². The summed E-state index contributed by atoms with van der Waals surface area (Å²) in [4.78, 5) is 0. The Hall–Kier alpha value is -0.760. The van der Waals surface area contributed by atoms with Crippen LogP contribution in [-0.2, 0) is 0 Å². The van der Waals surface area contributed by atoms with Gasteiger partial charge in [0, 0.05) is 12.2 Å². The molecule has 2 nitrogen and oxygen atoms in total. The Kier molecular flexibility index (Phi) is 4.67. The first-order valence-electron chi connectivity index (χ1n) is 3.49. The molecule has 0 atom stereocenters. The van der Waals surface area contributed by atoms with Gasteiger partial charge in [0.1, 0.15) is 0 Å². The summed E-state index contributed by atoms with van der Waals surface area (Å²) < 4.78 is 0. The quantitative estimate of drug-likeness (QED) is 0.572. The number of nitrogens with one attached hydrogen (secondary N) is 1. The molecule has 0 aliphatic rings. The van der Waals surface area contributed by atoms with Crippen molar-refractivity contribution in [1.29, 1.82) is 0 Å². The Balaban J connectivity index is 3.60. The van der Waals surface area contributed by atoms with Gasteiger partial charge in [-0.1, -0.05) is 19.1 Å². The first-order chi connectivity index (χ1) is 4.66. The summed E-state index contributed by atoms with van der Waals surface area (Å²) in [5, 5.41) is 3.19. The second-order valence-corrected chi connectivity index (χ2v) is 2.35. The number of rotatable bonds is 4. The fourth-order valence-electron chi connectivity index (χ4n) is 0.690. The molecule has 0 saturated heterocycles. The molecule has 0 saturated carbocycles. The minimum absolute atomic E-state index is 0.621. The summed E-state index contributed by atoms with van der Waals surface area (Å²) in [7, 11) is 0. The van der Waals surface area contributed by atoms with Gasteiger partial charge in [0.25, 0.3) is 0 Å². The highest BCUT2D eigenvalue weighted by atomic mass is 14.8. The topological polar surface area (TPSA) is 38.0 Å². The lowest BCUT2D eigenvalue weighted by Gasteiger charge is -2.00. The van der Waals surface area contributed by atoms with E-state index in [1.807, 2.05) is 13.0 Å². The lowest BCUT2D eigenvalue weighted by Crippen LogP contribution is -2.15. The van der Waals surface area contributed by atoms with Crippen molar-refractivity contribution in [2.24, 2.45) is 5.73 Å². The minimum Gasteiger partial charge on any atom is -0.399 e. The maximum atomic E-state index is 5.37. The number of likely N-dealkylation sites (N-methyl/N-ethyl adjacent to an activating group) is 1. The molecule has 0 fully saturated rings. The van der Waals surface area contributed by atoms with Gasteiger partial charge in [0.05, 0.1) is 0 Å². The fraction of sp³-hybridized carbons (Fsp3) is 0.500. The Morgan fingerprint density at radius 2 is 2.30 bits per heavy atom. The predicted octanol–water partition coefficient (Wildman–Crippen LogP) is 1.01. The van der Waals surface area contributed by atoms with Gasteiger partial charge in [-0.3, -0.25) is 0 Å². The average Bonchev–Trinajstić information content (AvgIpc) is 1.82. The van der Waals surface area contributed by atoms with Gasteiger partial charge in [-0.2, -0.15) is 0 Å². The highest BCUT2D eigenvalue weighted by Crippen LogP contribution is 1.92. The molecule has 0 aliphatic carbocycles. The third-order valence-electron chi connectivity index (χ3n) is 1.09. The van der Waals surface area contributed by atoms with Crippen molar-refractivity contribution in [3.63, 3.8) is 0 Å². The van der Waals surface area contributed by atoms with Gasteiger partial charge in [-0.15, -0.1) is 0 Å². The third kappa shape index (κ3) is 5.38. The van der Waals surface area contributed by atoms with Crippen molar-refractivity contribution >= 4 is 0 Å². The molecule has 0 aliphatic heterocycles. The molecule has 0 unspecified atom stereocenters. The second kappa shape index (κ2) is 5.06. The molecule has 0 rings (SSSR count). The van der Waals surface area contributed by atoms with Gasteiger partial charge in [-0.05, 0) is 19.5 Å². The molecule has 0 radical (unpaired) electrons. The van der Waals surface area contributed by atoms with E-state index in [-0.39, 0.29) is 0 Å². The Morgan fingerprint density at radius 3 is 2.70 bits per heavy atom. The van der Waals surface area contributed by atoms with Crippen molar-refractivity contribution in [3.05, 3.63) is 23.9 Å². The Bertz CT molecular complexity index is 136. The molecule has 3 N–H and O–H groups in total. The molecule has 0 aromatic heterocycles. The Morgan fingerprint density at radius 1 is 1.70 bits per heavy atom. The first kappa shape index (κ1) is 9.24. The number of hydrogen-bond acceptors (Lipinski definition) is 2. The van der Waals surface area contributed by atoms with Crippen molar-refractivity contribution in [2.45, 2.75) is 13.8 Å². The summed E-state index contributed by atoms with van der Waals surface area (Å²) in [6.07, 6.45) is 1.88. The van der Waals surface area contributed by atoms with E-state index in [1.54, 1.807) is 0 Å². The third-order valence-corrected chi connectivity index (χ3v) is 1.09. The van der Waals surface area contributed by atoms with Gasteiger partial charge in [0.2, 0.25) is 0 Å². The van der Waals surface area contributed by atoms with E-state index in [2.05, 4.69) is 18.8 Å². The Labute approximate surface area is 62.8 Å². The van der Waals surface area contributed by atoms with Crippen LogP contribution >= 0.6 is 0 Å². The summed E-state index contributed by atoms with van der Waals surface area (Å²) in [5.74, 6) is 0. The zero-order valence-corrected chi connectivity index (χ0v) is 6.78. The highest BCUT2D eigenvalue weighted by Gasteiger charge is 1.86. The number of allylic oxidation sites excluding steroid dienone is 1. The largest absolute Gasteiger partial charge is 0.399 e. The van der Waals surface area contributed by atoms with E-state index in [0.717, 1.165) is 13.1 Å². The monoisotopic (exact) mass is 140 g/mol. The highest BCUT2D eigenvalue weighted by molar-refractivity contribution is 5.16. The van der Waals surface area contributed by atoms with E-state index in [1.165, 1.54) is 5.57 Å². The maximum Gasteiger partial charge on any atom is 0.0240 e. The molecule has 0 bridgehead atoms. The molecule has 0 amide bonds. The normalized spacial score (nSPS) is 11.6. The van der Waals surface area contributed by atoms with Crippen LogP contribution in [0, 0.1) is 0 Å². The van der Waals surface area contributed by atoms with Crippen LogP contribution in [-0.4, -0.2) is 13.1 Å². The molecule has 0 aromatic rings. The van der Waals surface area contributed by atoms with Crippen LogP contribution < -0.4 is 11.1 Å². The maximum absolute atomic E-state index is 5.37. The van der Waals surface area contributed by atoms with Gasteiger partial charge < -0.3 is 11.1 Å². The molecule has 0 spiro atoms. The van der Waals surface area contributed by atoms with E-state index in [0.29, 0.717) is 5.70 Å². The van der Waals surface area contributed by atoms with Crippen molar-refractivity contribution in [3.8, 4) is 0 Å². The molecule has 0 heterocycles. The zero-order chi connectivity index (χ0) is 7.98. The predicted molar refractivity (Wildman–Crippen MR) is 45.6 cm³/mol. The summed E-state index contributed by atoms with van der Waals surface area (Å²) in [6, 6.07) is 0. The molecular formula is C8H16N2. The molecular weight excluding hydrogens is 124 g/mol. The summed E-state index contributed by atoms with van der Waals surface area (Å²) in [6.45, 7) is 9.56.